The van der Waals surface area contributed by atoms with Crippen LogP contribution in [-0.4, -0.2) is 26.9 Å². The summed E-state index contributed by atoms with van der Waals surface area (Å²) in [5, 5.41) is 8.17. The summed E-state index contributed by atoms with van der Waals surface area (Å²) in [4.78, 5) is 11.9. The Labute approximate surface area is 132 Å². The molecule has 22 heavy (non-hydrogen) atoms. The molecule has 0 spiro atoms. The van der Waals surface area contributed by atoms with Gasteiger partial charge in [-0.2, -0.15) is 0 Å². The van der Waals surface area contributed by atoms with Gasteiger partial charge in [-0.1, -0.05) is 35.5 Å². The number of benzene rings is 1. The summed E-state index contributed by atoms with van der Waals surface area (Å²) in [6.07, 6.45) is 4.46. The van der Waals surface area contributed by atoms with E-state index in [1.165, 1.54) is 0 Å². The average Bonchev–Trinajstić information content (AvgIpc) is 3.03. The smallest absolute Gasteiger partial charge is 0.374 e. The molecular formula is C15H17N3O3S. The zero-order chi connectivity index (χ0) is 15.2. The SMILES string of the molecule is O=C(OCc1ccccc1)Sc1cnnn1C1CCCCO1. The molecule has 1 aromatic carbocycles. The van der Waals surface area contributed by atoms with E-state index in [4.69, 9.17) is 9.47 Å². The fourth-order valence-electron chi connectivity index (χ4n) is 2.25. The van der Waals surface area contributed by atoms with Gasteiger partial charge < -0.3 is 9.47 Å². The van der Waals surface area contributed by atoms with Crippen molar-refractivity contribution in [3.8, 4) is 0 Å². The van der Waals surface area contributed by atoms with Gasteiger partial charge >= 0.3 is 5.30 Å². The number of thioether (sulfide) groups is 1. The quantitative estimate of drug-likeness (QED) is 0.635. The molecule has 0 amide bonds. The molecule has 0 aliphatic carbocycles. The van der Waals surface area contributed by atoms with Crippen LogP contribution in [0.25, 0.3) is 0 Å². The summed E-state index contributed by atoms with van der Waals surface area (Å²) in [6, 6.07) is 9.58. The Bertz CT molecular complexity index is 612. The number of nitrogens with zero attached hydrogens (tertiary/aromatic N) is 3. The van der Waals surface area contributed by atoms with E-state index in [9.17, 15) is 4.79 Å². The van der Waals surface area contributed by atoms with E-state index in [1.807, 2.05) is 30.3 Å². The molecule has 0 bridgehead atoms. The molecule has 1 unspecified atom stereocenters. The van der Waals surface area contributed by atoms with Gasteiger partial charge in [-0.25, -0.2) is 9.48 Å². The fraction of sp³-hybridized carbons (Fsp3) is 0.400. The number of hydrogen-bond donors (Lipinski definition) is 0. The lowest BCUT2D eigenvalue weighted by molar-refractivity contribution is -0.0455. The topological polar surface area (TPSA) is 66.2 Å². The third-order valence-corrected chi connectivity index (χ3v) is 4.14. The molecule has 0 N–H and O–H groups in total. The van der Waals surface area contributed by atoms with Crippen molar-refractivity contribution >= 4 is 17.1 Å². The second-order valence-electron chi connectivity index (χ2n) is 4.96. The normalized spacial score (nSPS) is 18.1. The summed E-state index contributed by atoms with van der Waals surface area (Å²) in [5.41, 5.74) is 0.957. The minimum Gasteiger partial charge on any atom is -0.452 e. The molecule has 1 aromatic heterocycles. The molecule has 1 aliphatic heterocycles. The molecule has 116 valence electrons. The van der Waals surface area contributed by atoms with E-state index >= 15 is 0 Å². The summed E-state index contributed by atoms with van der Waals surface area (Å²) in [7, 11) is 0. The van der Waals surface area contributed by atoms with Crippen LogP contribution in [0.15, 0.2) is 41.6 Å². The van der Waals surface area contributed by atoms with Crippen molar-refractivity contribution in [2.24, 2.45) is 0 Å². The number of aromatic nitrogens is 3. The van der Waals surface area contributed by atoms with E-state index in [0.29, 0.717) is 11.6 Å². The predicted octanol–water partition coefficient (Wildman–Crippen LogP) is 3.41. The minimum atomic E-state index is -0.372. The standard InChI is InChI=1S/C15H17N3O3S/c19-15(21-11-12-6-2-1-3-7-12)22-14-10-16-17-18(14)13-8-4-5-9-20-13/h1-3,6-7,10,13H,4-5,8-9,11H2. The molecule has 0 saturated carbocycles. The number of carbonyl (C=O) groups excluding carboxylic acids is 1. The first-order chi connectivity index (χ1) is 10.8. The molecule has 2 aromatic rings. The van der Waals surface area contributed by atoms with Gasteiger partial charge in [0.05, 0.1) is 6.20 Å². The summed E-state index contributed by atoms with van der Waals surface area (Å²) < 4.78 is 12.6. The van der Waals surface area contributed by atoms with Gasteiger partial charge in [-0.3, -0.25) is 0 Å². The van der Waals surface area contributed by atoms with Crippen molar-refractivity contribution in [2.45, 2.75) is 37.1 Å². The van der Waals surface area contributed by atoms with Gasteiger partial charge in [-0.15, -0.1) is 5.10 Å². The maximum Gasteiger partial charge on any atom is 0.374 e. The lowest BCUT2D eigenvalue weighted by atomic mass is 10.2. The minimum absolute atomic E-state index is 0.138. The van der Waals surface area contributed by atoms with Gasteiger partial charge in [0.1, 0.15) is 11.6 Å². The van der Waals surface area contributed by atoms with Crippen molar-refractivity contribution in [2.75, 3.05) is 6.61 Å². The fourth-order valence-corrected chi connectivity index (χ4v) is 2.89. The molecule has 1 aliphatic rings. The van der Waals surface area contributed by atoms with Gasteiger partial charge in [-0.05, 0) is 24.8 Å². The molecular weight excluding hydrogens is 302 g/mol. The van der Waals surface area contributed by atoms with Crippen LogP contribution in [0.3, 0.4) is 0 Å². The first kappa shape index (κ1) is 15.1. The molecule has 0 radical (unpaired) electrons. The van der Waals surface area contributed by atoms with E-state index in [-0.39, 0.29) is 18.1 Å². The van der Waals surface area contributed by atoms with E-state index in [1.54, 1.807) is 10.9 Å². The highest BCUT2D eigenvalue weighted by Crippen LogP contribution is 2.28. The van der Waals surface area contributed by atoms with Crippen molar-refractivity contribution in [3.05, 3.63) is 42.1 Å². The molecule has 2 heterocycles. The Hall–Kier alpha value is -1.86. The monoisotopic (exact) mass is 319 g/mol. The molecule has 7 heteroatoms. The second-order valence-corrected chi connectivity index (χ2v) is 5.92. The first-order valence-corrected chi connectivity index (χ1v) is 8.05. The Balaban J connectivity index is 1.56. The Morgan fingerprint density at radius 2 is 2.23 bits per heavy atom. The van der Waals surface area contributed by atoms with E-state index in [0.717, 1.165) is 36.6 Å². The molecule has 3 rings (SSSR count). The van der Waals surface area contributed by atoms with Crippen LogP contribution in [-0.2, 0) is 16.1 Å². The number of rotatable bonds is 4. The predicted molar refractivity (Wildman–Crippen MR) is 81.3 cm³/mol. The highest BCUT2D eigenvalue weighted by Gasteiger charge is 2.21. The van der Waals surface area contributed by atoms with Gasteiger partial charge in [0.15, 0.2) is 6.23 Å². The lowest BCUT2D eigenvalue weighted by Gasteiger charge is -2.23. The Morgan fingerprint density at radius 1 is 1.36 bits per heavy atom. The third kappa shape index (κ3) is 3.86. The maximum absolute atomic E-state index is 11.9. The summed E-state index contributed by atoms with van der Waals surface area (Å²) in [6.45, 7) is 0.973. The Kier molecular flexibility index (Phi) is 5.07. The number of hydrogen-bond acceptors (Lipinski definition) is 6. The average molecular weight is 319 g/mol. The maximum atomic E-state index is 11.9. The van der Waals surface area contributed by atoms with Gasteiger partial charge in [0.25, 0.3) is 0 Å². The van der Waals surface area contributed by atoms with Crippen LogP contribution in [0.1, 0.15) is 31.1 Å². The second kappa shape index (κ2) is 7.42. The van der Waals surface area contributed by atoms with Crippen LogP contribution in [0.4, 0.5) is 4.79 Å². The van der Waals surface area contributed by atoms with Crippen LogP contribution in [0.2, 0.25) is 0 Å². The largest absolute Gasteiger partial charge is 0.452 e. The molecule has 1 saturated heterocycles. The number of carbonyl (C=O) groups is 1. The van der Waals surface area contributed by atoms with Crippen molar-refractivity contribution in [3.63, 3.8) is 0 Å². The van der Waals surface area contributed by atoms with Crippen molar-refractivity contribution in [1.82, 2.24) is 15.0 Å². The number of ether oxygens (including phenoxy) is 2. The zero-order valence-electron chi connectivity index (χ0n) is 12.1. The lowest BCUT2D eigenvalue weighted by Crippen LogP contribution is -2.20. The zero-order valence-corrected chi connectivity index (χ0v) is 12.9. The van der Waals surface area contributed by atoms with E-state index in [2.05, 4.69) is 10.3 Å². The first-order valence-electron chi connectivity index (χ1n) is 7.23. The van der Waals surface area contributed by atoms with Gasteiger partial charge in [0, 0.05) is 18.4 Å². The summed E-state index contributed by atoms with van der Waals surface area (Å²) >= 11 is 0.987. The Morgan fingerprint density at radius 3 is 3.00 bits per heavy atom. The highest BCUT2D eigenvalue weighted by atomic mass is 32.2. The van der Waals surface area contributed by atoms with Crippen LogP contribution in [0, 0.1) is 0 Å². The molecule has 1 fully saturated rings. The van der Waals surface area contributed by atoms with Crippen LogP contribution >= 0.6 is 11.8 Å². The van der Waals surface area contributed by atoms with Crippen molar-refractivity contribution < 1.29 is 14.3 Å². The third-order valence-electron chi connectivity index (χ3n) is 3.36. The van der Waals surface area contributed by atoms with Crippen LogP contribution < -0.4 is 0 Å². The van der Waals surface area contributed by atoms with E-state index < -0.39 is 0 Å². The van der Waals surface area contributed by atoms with Crippen molar-refractivity contribution in [1.29, 1.82) is 0 Å². The highest BCUT2D eigenvalue weighted by molar-refractivity contribution is 8.13. The summed E-state index contributed by atoms with van der Waals surface area (Å²) in [5.74, 6) is 0. The molecule has 1 atom stereocenters. The van der Waals surface area contributed by atoms with Gasteiger partial charge in [0.2, 0.25) is 0 Å². The molecule has 6 nitrogen and oxygen atoms in total. The van der Waals surface area contributed by atoms with Crippen LogP contribution in [0.5, 0.6) is 0 Å².